The van der Waals surface area contributed by atoms with Gasteiger partial charge in [-0.1, -0.05) is 121 Å². The molecule has 0 unspecified atom stereocenters. The quantitative estimate of drug-likeness (QED) is 0.169. The van der Waals surface area contributed by atoms with Crippen molar-refractivity contribution in [3.8, 4) is 17.0 Å². The first-order valence-corrected chi connectivity index (χ1v) is 14.4. The summed E-state index contributed by atoms with van der Waals surface area (Å²) in [6.45, 7) is 3.09. The molecule has 0 spiro atoms. The molecule has 2 aromatic carbocycles. The van der Waals surface area contributed by atoms with Crippen LogP contribution in [0, 0.1) is 0 Å². The number of nitrogen functional groups attached to an aromatic ring is 1. The first kappa shape index (κ1) is 27.2. The van der Waals surface area contributed by atoms with E-state index >= 15 is 0 Å². The van der Waals surface area contributed by atoms with Crippen LogP contribution in [0.15, 0.2) is 48.5 Å². The van der Waals surface area contributed by atoms with Crippen LogP contribution in [0.25, 0.3) is 22.2 Å². The van der Waals surface area contributed by atoms with E-state index in [9.17, 15) is 0 Å². The molecule has 0 fully saturated rings. The summed E-state index contributed by atoms with van der Waals surface area (Å²) < 4.78 is 5.96. The number of unbranched alkanes of at least 4 members (excludes halogenated alkanes) is 15. The van der Waals surface area contributed by atoms with Crippen molar-refractivity contribution in [1.29, 1.82) is 0 Å². The number of benzene rings is 2. The van der Waals surface area contributed by atoms with Gasteiger partial charge in [-0.3, -0.25) is 0 Å². The van der Waals surface area contributed by atoms with Gasteiger partial charge in [-0.25, -0.2) is 0 Å². The summed E-state index contributed by atoms with van der Waals surface area (Å²) in [6.07, 6.45) is 22.3. The highest BCUT2D eigenvalue weighted by Crippen LogP contribution is 2.33. The number of hydrogen-bond acceptors (Lipinski definition) is 2. The Bertz CT molecular complexity index is 944. The topological polar surface area (TPSA) is 51.0 Å². The fourth-order valence-electron chi connectivity index (χ4n) is 4.95. The van der Waals surface area contributed by atoms with E-state index in [4.69, 9.17) is 10.5 Å². The maximum atomic E-state index is 6.35. The second kappa shape index (κ2) is 16.3. The van der Waals surface area contributed by atoms with Crippen LogP contribution in [0.1, 0.15) is 110 Å². The van der Waals surface area contributed by atoms with Crippen molar-refractivity contribution in [2.24, 2.45) is 0 Å². The van der Waals surface area contributed by atoms with Crippen LogP contribution in [0.3, 0.4) is 0 Å². The highest BCUT2D eigenvalue weighted by atomic mass is 16.5. The Morgan fingerprint density at radius 3 is 1.69 bits per heavy atom. The first-order valence-electron chi connectivity index (χ1n) is 14.4. The Kier molecular flexibility index (Phi) is 12.6. The maximum Gasteiger partial charge on any atom is 0.119 e. The Labute approximate surface area is 213 Å². The van der Waals surface area contributed by atoms with Crippen molar-refractivity contribution in [3.63, 3.8) is 0 Å². The summed E-state index contributed by atoms with van der Waals surface area (Å²) >= 11 is 0. The Balaban J connectivity index is 1.17. The number of nitrogens with one attached hydrogen (secondary N) is 1. The third-order valence-electron chi connectivity index (χ3n) is 7.16. The Morgan fingerprint density at radius 1 is 0.629 bits per heavy atom. The predicted octanol–water partition coefficient (Wildman–Crippen LogP) is 10.1. The van der Waals surface area contributed by atoms with Crippen LogP contribution in [0.5, 0.6) is 5.75 Å². The van der Waals surface area contributed by atoms with Crippen molar-refractivity contribution >= 4 is 16.6 Å². The molecule has 1 aromatic heterocycles. The molecule has 0 aliphatic carbocycles. The van der Waals surface area contributed by atoms with Gasteiger partial charge in [0.1, 0.15) is 5.75 Å². The normalized spacial score (nSPS) is 11.3. The first-order chi connectivity index (χ1) is 17.3. The van der Waals surface area contributed by atoms with Gasteiger partial charge < -0.3 is 15.5 Å². The van der Waals surface area contributed by atoms with Crippen LogP contribution in [0.2, 0.25) is 0 Å². The fourth-order valence-corrected chi connectivity index (χ4v) is 4.95. The molecule has 3 rings (SSSR count). The number of aromatic amines is 1. The molecule has 0 radical (unpaired) electrons. The summed E-state index contributed by atoms with van der Waals surface area (Å²) in [5, 5.41) is 1.08. The van der Waals surface area contributed by atoms with E-state index in [1.807, 2.05) is 24.3 Å². The number of anilines is 1. The Hall–Kier alpha value is -2.42. The van der Waals surface area contributed by atoms with Gasteiger partial charge in [0.2, 0.25) is 0 Å². The van der Waals surface area contributed by atoms with E-state index in [1.54, 1.807) is 0 Å². The van der Waals surface area contributed by atoms with E-state index in [0.717, 1.165) is 46.6 Å². The monoisotopic (exact) mass is 476 g/mol. The summed E-state index contributed by atoms with van der Waals surface area (Å²) in [7, 11) is 0. The van der Waals surface area contributed by atoms with Crippen LogP contribution >= 0.6 is 0 Å². The molecule has 0 amide bonds. The lowest BCUT2D eigenvalue weighted by Gasteiger charge is -2.07. The van der Waals surface area contributed by atoms with Gasteiger partial charge in [0.15, 0.2) is 0 Å². The summed E-state index contributed by atoms with van der Waals surface area (Å²) in [5.41, 5.74) is 10.3. The molecule has 0 aliphatic rings. The van der Waals surface area contributed by atoms with Gasteiger partial charge in [-0.15, -0.1) is 0 Å². The molecule has 1 heterocycles. The lowest BCUT2D eigenvalue weighted by atomic mass is 10.0. The van der Waals surface area contributed by atoms with E-state index in [0.29, 0.717) is 0 Å². The van der Waals surface area contributed by atoms with Crippen molar-refractivity contribution in [2.75, 3.05) is 12.3 Å². The lowest BCUT2D eigenvalue weighted by molar-refractivity contribution is 0.304. The zero-order valence-corrected chi connectivity index (χ0v) is 22.1. The molecule has 3 N–H and O–H groups in total. The van der Waals surface area contributed by atoms with Gasteiger partial charge in [0, 0.05) is 16.5 Å². The zero-order chi connectivity index (χ0) is 24.6. The smallest absolute Gasteiger partial charge is 0.119 e. The Morgan fingerprint density at radius 2 is 1.14 bits per heavy atom. The largest absolute Gasteiger partial charge is 0.494 e. The second-order valence-electron chi connectivity index (χ2n) is 10.1. The minimum atomic E-state index is 0.798. The molecule has 192 valence electrons. The van der Waals surface area contributed by atoms with Crippen LogP contribution in [-0.4, -0.2) is 11.6 Å². The van der Waals surface area contributed by atoms with Crippen molar-refractivity contribution < 1.29 is 4.74 Å². The number of ether oxygens (including phenoxy) is 1. The number of rotatable bonds is 19. The highest BCUT2D eigenvalue weighted by molar-refractivity contribution is 5.99. The molecule has 35 heavy (non-hydrogen) atoms. The molecule has 3 aromatic rings. The van der Waals surface area contributed by atoms with Gasteiger partial charge in [0.05, 0.1) is 18.0 Å². The van der Waals surface area contributed by atoms with Crippen LogP contribution in [0.4, 0.5) is 5.69 Å². The number of nitrogens with two attached hydrogens (primary N) is 1. The van der Waals surface area contributed by atoms with Gasteiger partial charge in [0.25, 0.3) is 0 Å². The van der Waals surface area contributed by atoms with Gasteiger partial charge in [-0.2, -0.15) is 0 Å². The maximum absolute atomic E-state index is 6.35. The average molecular weight is 477 g/mol. The van der Waals surface area contributed by atoms with E-state index in [2.05, 4.69) is 36.2 Å². The lowest BCUT2D eigenvalue weighted by Crippen LogP contribution is -1.97. The minimum absolute atomic E-state index is 0.798. The molecule has 0 saturated heterocycles. The van der Waals surface area contributed by atoms with Gasteiger partial charge in [-0.05, 0) is 36.8 Å². The van der Waals surface area contributed by atoms with Crippen molar-refractivity contribution in [2.45, 2.75) is 110 Å². The number of H-pyrrole nitrogens is 1. The molecule has 3 heteroatoms. The number of fused-ring (bicyclic) bond motifs is 1. The average Bonchev–Trinajstić information content (AvgIpc) is 3.23. The zero-order valence-electron chi connectivity index (χ0n) is 22.1. The molecule has 0 bridgehead atoms. The summed E-state index contributed by atoms with van der Waals surface area (Å²) in [4.78, 5) is 3.44. The fraction of sp³-hybridized carbons (Fsp3) is 0.562. The summed E-state index contributed by atoms with van der Waals surface area (Å²) in [5.74, 6) is 0.935. The minimum Gasteiger partial charge on any atom is -0.494 e. The molecular weight excluding hydrogens is 428 g/mol. The van der Waals surface area contributed by atoms with E-state index in [1.165, 1.54) is 96.3 Å². The van der Waals surface area contributed by atoms with Crippen LogP contribution < -0.4 is 10.5 Å². The van der Waals surface area contributed by atoms with Crippen molar-refractivity contribution in [3.05, 3.63) is 48.5 Å². The molecule has 0 aliphatic heterocycles. The standard InChI is InChI=1S/C32H48N2O/c1-2-3-4-5-6-7-8-9-10-11-12-13-14-15-16-19-26-35-28-24-22-27(23-25-28)32-31(33)29-20-17-18-21-30(29)34-32/h17-18,20-25,34H,2-16,19,26,33H2,1H3. The van der Waals surface area contributed by atoms with Crippen LogP contribution in [-0.2, 0) is 0 Å². The molecule has 0 atom stereocenters. The number of aromatic nitrogens is 1. The summed E-state index contributed by atoms with van der Waals surface area (Å²) in [6, 6.07) is 16.4. The molecular formula is C32H48N2O. The molecule has 0 saturated carbocycles. The van der Waals surface area contributed by atoms with Gasteiger partial charge >= 0.3 is 0 Å². The second-order valence-corrected chi connectivity index (χ2v) is 10.1. The molecule has 3 nitrogen and oxygen atoms in total. The number of hydrogen-bond donors (Lipinski definition) is 2. The SMILES string of the molecule is CCCCCCCCCCCCCCCCCCOc1ccc(-c2[nH]c3ccccc3c2N)cc1. The third kappa shape index (κ3) is 9.63. The number of para-hydroxylation sites is 1. The predicted molar refractivity (Wildman–Crippen MR) is 153 cm³/mol. The van der Waals surface area contributed by atoms with E-state index < -0.39 is 0 Å². The van der Waals surface area contributed by atoms with E-state index in [-0.39, 0.29) is 0 Å². The van der Waals surface area contributed by atoms with Crippen molar-refractivity contribution in [1.82, 2.24) is 4.98 Å². The highest BCUT2D eigenvalue weighted by Gasteiger charge is 2.10. The third-order valence-corrected chi connectivity index (χ3v) is 7.16.